The molecule has 0 bridgehead atoms. The van der Waals surface area contributed by atoms with Crippen molar-refractivity contribution in [3.05, 3.63) is 54.1 Å². The Bertz CT molecular complexity index is 915. The maximum Gasteiger partial charge on any atom is 0.262 e. The molecule has 1 amide bonds. The molecule has 2 rings (SSSR count). The monoisotopic (exact) mass is 398 g/mol. The number of benzene rings is 2. The van der Waals surface area contributed by atoms with Crippen LogP contribution in [-0.2, 0) is 14.8 Å². The minimum absolute atomic E-state index is 0.0505. The Morgan fingerprint density at radius 2 is 1.81 bits per heavy atom. The smallest absolute Gasteiger partial charge is 0.262 e. The number of halogens is 2. The number of amides is 1. The van der Waals surface area contributed by atoms with Gasteiger partial charge in [0.15, 0.2) is 18.2 Å². The van der Waals surface area contributed by atoms with E-state index in [9.17, 15) is 22.0 Å². The summed E-state index contributed by atoms with van der Waals surface area (Å²) in [7, 11) is -3.66. The molecule has 1 N–H and O–H groups in total. The summed E-state index contributed by atoms with van der Waals surface area (Å²) in [5, 5.41) is 2.49. The van der Waals surface area contributed by atoms with Gasteiger partial charge in [0.1, 0.15) is 5.82 Å². The highest BCUT2D eigenvalue weighted by Gasteiger charge is 2.21. The van der Waals surface area contributed by atoms with Crippen LogP contribution in [-0.4, -0.2) is 38.3 Å². The van der Waals surface area contributed by atoms with Crippen LogP contribution in [0.15, 0.2) is 47.4 Å². The second-order valence-electron chi connectivity index (χ2n) is 5.53. The molecule has 0 aliphatic rings. The molecule has 2 aromatic rings. The molecule has 0 aliphatic carbocycles. The summed E-state index contributed by atoms with van der Waals surface area (Å²) in [4.78, 5) is 12.0. The lowest BCUT2D eigenvalue weighted by Gasteiger charge is -2.18. The van der Waals surface area contributed by atoms with Gasteiger partial charge in [0.25, 0.3) is 5.91 Å². The normalized spacial score (nSPS) is 11.4. The SMILES string of the molecule is CCN(CC)S(=O)(=O)c1cccc(NC(=O)COc2ccc(F)cc2F)c1. The first kappa shape index (κ1) is 20.8. The van der Waals surface area contributed by atoms with Gasteiger partial charge in [-0.25, -0.2) is 17.2 Å². The van der Waals surface area contributed by atoms with E-state index < -0.39 is 34.2 Å². The second-order valence-corrected chi connectivity index (χ2v) is 7.47. The molecule has 0 fully saturated rings. The van der Waals surface area contributed by atoms with Crippen molar-refractivity contribution >= 4 is 21.6 Å². The van der Waals surface area contributed by atoms with Crippen molar-refractivity contribution < 1.29 is 26.7 Å². The number of carbonyl (C=O) groups excluding carboxylic acids is 1. The Hall–Kier alpha value is -2.52. The van der Waals surface area contributed by atoms with Gasteiger partial charge in [-0.3, -0.25) is 4.79 Å². The zero-order chi connectivity index (χ0) is 20.0. The predicted molar refractivity (Wildman–Crippen MR) is 97.0 cm³/mol. The van der Waals surface area contributed by atoms with Crippen molar-refractivity contribution in [2.75, 3.05) is 25.0 Å². The standard InChI is InChI=1S/C18H20F2N2O4S/c1-3-22(4-2)27(24,25)15-7-5-6-14(11-15)21-18(23)12-26-17-9-8-13(19)10-16(17)20/h5-11H,3-4,12H2,1-2H3,(H,21,23). The molecular weight excluding hydrogens is 378 g/mol. The lowest BCUT2D eigenvalue weighted by molar-refractivity contribution is -0.118. The number of sulfonamides is 1. The average Bonchev–Trinajstić information content (AvgIpc) is 2.62. The van der Waals surface area contributed by atoms with Gasteiger partial charge in [-0.1, -0.05) is 19.9 Å². The Morgan fingerprint density at radius 1 is 1.11 bits per heavy atom. The highest BCUT2D eigenvalue weighted by atomic mass is 32.2. The van der Waals surface area contributed by atoms with Crippen LogP contribution in [0.3, 0.4) is 0 Å². The number of carbonyl (C=O) groups is 1. The molecule has 0 aromatic heterocycles. The number of ether oxygens (including phenoxy) is 1. The van der Waals surface area contributed by atoms with Crippen LogP contribution in [0.1, 0.15) is 13.8 Å². The maximum atomic E-state index is 13.5. The van der Waals surface area contributed by atoms with E-state index in [1.54, 1.807) is 13.8 Å². The lowest BCUT2D eigenvalue weighted by Crippen LogP contribution is -2.30. The second kappa shape index (κ2) is 8.92. The molecule has 0 radical (unpaired) electrons. The minimum atomic E-state index is -3.66. The third-order valence-electron chi connectivity index (χ3n) is 3.71. The molecule has 0 saturated heterocycles. The van der Waals surface area contributed by atoms with E-state index in [0.29, 0.717) is 19.2 Å². The zero-order valence-electron chi connectivity index (χ0n) is 14.9. The summed E-state index contributed by atoms with van der Waals surface area (Å²) in [6, 6.07) is 8.55. The van der Waals surface area contributed by atoms with Crippen LogP contribution in [0.2, 0.25) is 0 Å². The first-order valence-electron chi connectivity index (χ1n) is 8.25. The van der Waals surface area contributed by atoms with Gasteiger partial charge in [-0.2, -0.15) is 4.31 Å². The zero-order valence-corrected chi connectivity index (χ0v) is 15.7. The van der Waals surface area contributed by atoms with Crippen LogP contribution in [0.4, 0.5) is 14.5 Å². The molecule has 0 aliphatic heterocycles. The lowest BCUT2D eigenvalue weighted by atomic mass is 10.3. The number of nitrogens with one attached hydrogen (secondary N) is 1. The third kappa shape index (κ3) is 5.24. The number of anilines is 1. The van der Waals surface area contributed by atoms with Crippen molar-refractivity contribution in [2.45, 2.75) is 18.7 Å². The van der Waals surface area contributed by atoms with E-state index in [-0.39, 0.29) is 16.3 Å². The fraction of sp³-hybridized carbons (Fsp3) is 0.278. The molecule has 0 saturated carbocycles. The van der Waals surface area contributed by atoms with Crippen molar-refractivity contribution in [3.63, 3.8) is 0 Å². The number of nitrogens with zero attached hydrogens (tertiary/aromatic N) is 1. The highest BCUT2D eigenvalue weighted by Crippen LogP contribution is 2.20. The van der Waals surface area contributed by atoms with Gasteiger partial charge >= 0.3 is 0 Å². The van der Waals surface area contributed by atoms with E-state index in [1.807, 2.05) is 0 Å². The first-order valence-corrected chi connectivity index (χ1v) is 9.69. The van der Waals surface area contributed by atoms with Crippen LogP contribution < -0.4 is 10.1 Å². The van der Waals surface area contributed by atoms with Crippen molar-refractivity contribution in [2.24, 2.45) is 0 Å². The van der Waals surface area contributed by atoms with Gasteiger partial charge in [0, 0.05) is 24.8 Å². The number of hydrogen-bond donors (Lipinski definition) is 1. The largest absolute Gasteiger partial charge is 0.481 e. The molecule has 27 heavy (non-hydrogen) atoms. The van der Waals surface area contributed by atoms with E-state index in [2.05, 4.69) is 5.32 Å². The van der Waals surface area contributed by atoms with Crippen molar-refractivity contribution in [1.82, 2.24) is 4.31 Å². The summed E-state index contributed by atoms with van der Waals surface area (Å²) < 4.78 is 57.7. The summed E-state index contributed by atoms with van der Waals surface area (Å²) in [6.07, 6.45) is 0. The minimum Gasteiger partial charge on any atom is -0.481 e. The van der Waals surface area contributed by atoms with Crippen LogP contribution in [0, 0.1) is 11.6 Å². The molecule has 0 heterocycles. The fourth-order valence-corrected chi connectivity index (χ4v) is 3.88. The van der Waals surface area contributed by atoms with Crippen molar-refractivity contribution in [3.8, 4) is 5.75 Å². The van der Waals surface area contributed by atoms with E-state index >= 15 is 0 Å². The molecule has 0 unspecified atom stereocenters. The van der Waals surface area contributed by atoms with Crippen LogP contribution >= 0.6 is 0 Å². The number of rotatable bonds is 8. The molecule has 6 nitrogen and oxygen atoms in total. The Morgan fingerprint density at radius 3 is 2.44 bits per heavy atom. The van der Waals surface area contributed by atoms with Gasteiger partial charge < -0.3 is 10.1 Å². The van der Waals surface area contributed by atoms with Crippen LogP contribution in [0.25, 0.3) is 0 Å². The van der Waals surface area contributed by atoms with Gasteiger partial charge in [-0.05, 0) is 30.3 Å². The fourth-order valence-electron chi connectivity index (χ4n) is 2.38. The van der Waals surface area contributed by atoms with Gasteiger partial charge in [-0.15, -0.1) is 0 Å². The van der Waals surface area contributed by atoms with E-state index in [1.165, 1.54) is 28.6 Å². The Kier molecular flexibility index (Phi) is 6.86. The Labute approximate surface area is 156 Å². The summed E-state index contributed by atoms with van der Waals surface area (Å²) in [5.74, 6) is -2.55. The van der Waals surface area contributed by atoms with Crippen LogP contribution in [0.5, 0.6) is 5.75 Å². The highest BCUT2D eigenvalue weighted by molar-refractivity contribution is 7.89. The Balaban J connectivity index is 2.06. The van der Waals surface area contributed by atoms with Gasteiger partial charge in [0.05, 0.1) is 4.90 Å². The molecular formula is C18H20F2N2O4S. The van der Waals surface area contributed by atoms with E-state index in [4.69, 9.17) is 4.74 Å². The van der Waals surface area contributed by atoms with Gasteiger partial charge in [0.2, 0.25) is 10.0 Å². The maximum absolute atomic E-state index is 13.5. The quantitative estimate of drug-likeness (QED) is 0.742. The number of hydrogen-bond acceptors (Lipinski definition) is 4. The molecule has 0 spiro atoms. The summed E-state index contributed by atoms with van der Waals surface area (Å²) in [6.45, 7) is 3.60. The molecule has 9 heteroatoms. The summed E-state index contributed by atoms with van der Waals surface area (Å²) >= 11 is 0. The third-order valence-corrected chi connectivity index (χ3v) is 5.76. The first-order chi connectivity index (χ1) is 12.8. The predicted octanol–water partition coefficient (Wildman–Crippen LogP) is 3.01. The summed E-state index contributed by atoms with van der Waals surface area (Å²) in [5.41, 5.74) is 0.261. The topological polar surface area (TPSA) is 75.7 Å². The molecule has 146 valence electrons. The molecule has 0 atom stereocenters. The average molecular weight is 398 g/mol. The van der Waals surface area contributed by atoms with Crippen molar-refractivity contribution in [1.29, 1.82) is 0 Å². The van der Waals surface area contributed by atoms with E-state index in [0.717, 1.165) is 12.1 Å². The molecule has 2 aromatic carbocycles.